The molecule has 1 saturated heterocycles. The average molecular weight is 458 g/mol. The predicted molar refractivity (Wildman–Crippen MR) is 120 cm³/mol. The van der Waals surface area contributed by atoms with Crippen LogP contribution in [0.4, 0.5) is 0 Å². The Morgan fingerprint density at radius 3 is 2.31 bits per heavy atom. The zero-order valence-corrected chi connectivity index (χ0v) is 18.5. The number of Topliss-reactive ketones (excluding diaryl/α,β-unsaturated/α-hetero) is 1. The van der Waals surface area contributed by atoms with E-state index in [9.17, 15) is 19.5 Å². The summed E-state index contributed by atoms with van der Waals surface area (Å²) in [5.41, 5.74) is 6.10. The summed E-state index contributed by atoms with van der Waals surface area (Å²) in [6, 6.07) is 12.2. The molecule has 3 N–H and O–H groups in total. The number of carbonyl (C=O) groups excluding carboxylic acids is 3. The van der Waals surface area contributed by atoms with Gasteiger partial charge in [0.2, 0.25) is 0 Å². The van der Waals surface area contributed by atoms with Gasteiger partial charge < -0.3 is 25.4 Å². The molecular formula is C23H24ClN3O5. The molecule has 2 amide bonds. The summed E-state index contributed by atoms with van der Waals surface area (Å²) in [6.07, 6.45) is 0. The number of hydrogen-bond acceptors (Lipinski definition) is 6. The third kappa shape index (κ3) is 5.09. The monoisotopic (exact) mass is 457 g/mol. The van der Waals surface area contributed by atoms with Gasteiger partial charge in [0.15, 0.2) is 6.61 Å². The minimum Gasteiger partial charge on any atom is -0.507 e. The number of hydrogen-bond donors (Lipinski definition) is 2. The van der Waals surface area contributed by atoms with E-state index in [4.69, 9.17) is 22.1 Å². The van der Waals surface area contributed by atoms with Gasteiger partial charge in [-0.2, -0.15) is 0 Å². The van der Waals surface area contributed by atoms with Gasteiger partial charge in [-0.25, -0.2) is 0 Å². The molecule has 32 heavy (non-hydrogen) atoms. The van der Waals surface area contributed by atoms with Crippen LogP contribution in [0.3, 0.4) is 0 Å². The molecule has 2 aromatic rings. The van der Waals surface area contributed by atoms with Gasteiger partial charge >= 0.3 is 0 Å². The van der Waals surface area contributed by atoms with Crippen LogP contribution < -0.4 is 10.5 Å². The summed E-state index contributed by atoms with van der Waals surface area (Å²) >= 11 is 5.93. The second kappa shape index (κ2) is 9.84. The molecule has 0 saturated carbocycles. The SMILES string of the molecule is CN(C)CCN1C(=O)C(=O)/C(=C(/O)c2ccc(Cl)cc2)C1c1ccc(OCC(N)=O)cc1. The predicted octanol–water partition coefficient (Wildman–Crippen LogP) is 2.19. The Kier molecular flexibility index (Phi) is 7.17. The summed E-state index contributed by atoms with van der Waals surface area (Å²) < 4.78 is 5.29. The molecule has 8 nitrogen and oxygen atoms in total. The number of likely N-dealkylation sites (N-methyl/N-ethyl adjacent to an activating group) is 1. The zero-order chi connectivity index (χ0) is 23.4. The third-order valence-electron chi connectivity index (χ3n) is 5.02. The molecule has 0 radical (unpaired) electrons. The zero-order valence-electron chi connectivity index (χ0n) is 17.7. The van der Waals surface area contributed by atoms with Crippen LogP contribution in [0.25, 0.3) is 5.76 Å². The Labute approximate surface area is 190 Å². The second-order valence-corrected chi connectivity index (χ2v) is 8.06. The van der Waals surface area contributed by atoms with E-state index >= 15 is 0 Å². The molecule has 2 aromatic carbocycles. The highest BCUT2D eigenvalue weighted by atomic mass is 35.5. The number of aliphatic hydroxyl groups is 1. The highest BCUT2D eigenvalue weighted by Gasteiger charge is 2.45. The molecule has 3 rings (SSSR count). The van der Waals surface area contributed by atoms with Crippen molar-refractivity contribution in [2.45, 2.75) is 6.04 Å². The largest absolute Gasteiger partial charge is 0.507 e. The number of ether oxygens (including phenoxy) is 1. The maximum absolute atomic E-state index is 12.9. The molecule has 0 aliphatic carbocycles. The van der Waals surface area contributed by atoms with Crippen molar-refractivity contribution in [3.8, 4) is 5.75 Å². The van der Waals surface area contributed by atoms with E-state index in [0.717, 1.165) is 0 Å². The van der Waals surface area contributed by atoms with Crippen molar-refractivity contribution in [3.63, 3.8) is 0 Å². The number of primary amides is 1. The lowest BCUT2D eigenvalue weighted by Gasteiger charge is -2.26. The maximum Gasteiger partial charge on any atom is 0.295 e. The lowest BCUT2D eigenvalue weighted by Crippen LogP contribution is -2.35. The van der Waals surface area contributed by atoms with Crippen molar-refractivity contribution >= 4 is 35.0 Å². The first-order chi connectivity index (χ1) is 15.2. The van der Waals surface area contributed by atoms with Crippen LogP contribution in [-0.2, 0) is 14.4 Å². The van der Waals surface area contributed by atoms with Crippen LogP contribution in [0.15, 0.2) is 54.1 Å². The van der Waals surface area contributed by atoms with Crippen LogP contribution in [0.2, 0.25) is 5.02 Å². The van der Waals surface area contributed by atoms with Gasteiger partial charge in [0.05, 0.1) is 11.6 Å². The number of likely N-dealkylation sites (tertiary alicyclic amines) is 1. The first kappa shape index (κ1) is 23.3. The van der Waals surface area contributed by atoms with Crippen LogP contribution in [0.5, 0.6) is 5.75 Å². The molecule has 0 aromatic heterocycles. The fraction of sp³-hybridized carbons (Fsp3) is 0.261. The highest BCUT2D eigenvalue weighted by Crippen LogP contribution is 2.39. The molecule has 1 aliphatic heterocycles. The molecule has 1 fully saturated rings. The summed E-state index contributed by atoms with van der Waals surface area (Å²) in [6.45, 7) is 0.557. The molecule has 1 heterocycles. The minimum absolute atomic E-state index is 0.00174. The van der Waals surface area contributed by atoms with Crippen molar-refractivity contribution in [2.75, 3.05) is 33.8 Å². The van der Waals surface area contributed by atoms with E-state index < -0.39 is 23.6 Å². The molecule has 1 atom stereocenters. The third-order valence-corrected chi connectivity index (χ3v) is 5.27. The van der Waals surface area contributed by atoms with Gasteiger partial charge in [-0.15, -0.1) is 0 Å². The number of amides is 2. The first-order valence-corrected chi connectivity index (χ1v) is 10.3. The summed E-state index contributed by atoms with van der Waals surface area (Å²) in [5.74, 6) is -1.90. The number of benzene rings is 2. The van der Waals surface area contributed by atoms with E-state index in [1.165, 1.54) is 4.90 Å². The highest BCUT2D eigenvalue weighted by molar-refractivity contribution is 6.46. The van der Waals surface area contributed by atoms with Crippen molar-refractivity contribution < 1.29 is 24.2 Å². The molecule has 0 spiro atoms. The van der Waals surface area contributed by atoms with E-state index in [-0.39, 0.29) is 17.9 Å². The summed E-state index contributed by atoms with van der Waals surface area (Å²) in [4.78, 5) is 40.1. The standard InChI is InChI=1S/C23H24ClN3O5/c1-26(2)11-12-27-20(14-5-9-17(10-6-14)32-13-18(25)28)19(22(30)23(27)31)21(29)15-3-7-16(24)8-4-15/h3-10,20,29H,11-13H2,1-2H3,(H2,25,28)/b21-19+. The fourth-order valence-electron chi connectivity index (χ4n) is 3.43. The van der Waals surface area contributed by atoms with Crippen molar-refractivity contribution in [1.29, 1.82) is 0 Å². The number of nitrogens with zero attached hydrogens (tertiary/aromatic N) is 2. The van der Waals surface area contributed by atoms with E-state index in [1.807, 2.05) is 19.0 Å². The maximum atomic E-state index is 12.9. The average Bonchev–Trinajstić information content (AvgIpc) is 3.01. The molecule has 0 bridgehead atoms. The van der Waals surface area contributed by atoms with Gasteiger partial charge in [-0.1, -0.05) is 23.7 Å². The molecule has 1 unspecified atom stereocenters. The Bertz CT molecular complexity index is 1050. The van der Waals surface area contributed by atoms with E-state index in [1.54, 1.807) is 48.5 Å². The van der Waals surface area contributed by atoms with Crippen molar-refractivity contribution in [3.05, 3.63) is 70.3 Å². The Morgan fingerprint density at radius 2 is 1.75 bits per heavy atom. The van der Waals surface area contributed by atoms with Gasteiger partial charge in [0, 0.05) is 23.7 Å². The van der Waals surface area contributed by atoms with Gasteiger partial charge in [-0.05, 0) is 56.1 Å². The first-order valence-electron chi connectivity index (χ1n) is 9.89. The van der Waals surface area contributed by atoms with Crippen LogP contribution in [-0.4, -0.2) is 66.3 Å². The van der Waals surface area contributed by atoms with Crippen LogP contribution >= 0.6 is 11.6 Å². The number of carbonyl (C=O) groups is 3. The molecule has 1 aliphatic rings. The van der Waals surface area contributed by atoms with Crippen LogP contribution in [0, 0.1) is 0 Å². The van der Waals surface area contributed by atoms with Crippen molar-refractivity contribution in [2.24, 2.45) is 5.73 Å². The quantitative estimate of drug-likeness (QED) is 0.357. The molecular weight excluding hydrogens is 434 g/mol. The summed E-state index contributed by atoms with van der Waals surface area (Å²) in [5, 5.41) is 11.5. The Hall–Kier alpha value is -3.36. The Balaban J connectivity index is 2.05. The number of halogens is 1. The number of nitrogens with two attached hydrogens (primary N) is 1. The van der Waals surface area contributed by atoms with Crippen molar-refractivity contribution in [1.82, 2.24) is 9.80 Å². The minimum atomic E-state index is -0.782. The van der Waals surface area contributed by atoms with Gasteiger partial charge in [0.1, 0.15) is 11.5 Å². The van der Waals surface area contributed by atoms with E-state index in [2.05, 4.69) is 0 Å². The second-order valence-electron chi connectivity index (χ2n) is 7.63. The van der Waals surface area contributed by atoms with Gasteiger partial charge in [-0.3, -0.25) is 14.4 Å². The topological polar surface area (TPSA) is 113 Å². The molecule has 168 valence electrons. The lowest BCUT2D eigenvalue weighted by molar-refractivity contribution is -0.140. The molecule has 9 heteroatoms. The van der Waals surface area contributed by atoms with Crippen LogP contribution in [0.1, 0.15) is 17.2 Å². The lowest BCUT2D eigenvalue weighted by atomic mass is 9.95. The number of ketones is 1. The summed E-state index contributed by atoms with van der Waals surface area (Å²) in [7, 11) is 3.73. The number of rotatable bonds is 8. The normalized spacial score (nSPS) is 17.8. The van der Waals surface area contributed by atoms with Gasteiger partial charge in [0.25, 0.3) is 17.6 Å². The van der Waals surface area contributed by atoms with E-state index in [0.29, 0.717) is 35.0 Å². The Morgan fingerprint density at radius 1 is 1.12 bits per heavy atom. The number of aliphatic hydroxyl groups excluding tert-OH is 1. The smallest absolute Gasteiger partial charge is 0.295 e. The fourth-order valence-corrected chi connectivity index (χ4v) is 3.55.